The minimum Gasteiger partial charge on any atom is -0.550 e. The van der Waals surface area contributed by atoms with Crippen molar-refractivity contribution in [2.75, 3.05) is 6.61 Å². The van der Waals surface area contributed by atoms with E-state index in [1.807, 2.05) is 0 Å². The Morgan fingerprint density at radius 1 is 1.29 bits per heavy atom. The van der Waals surface area contributed by atoms with Crippen LogP contribution in [0.3, 0.4) is 0 Å². The van der Waals surface area contributed by atoms with Crippen molar-refractivity contribution in [1.29, 1.82) is 0 Å². The van der Waals surface area contributed by atoms with Gasteiger partial charge >= 0.3 is 5.97 Å². The Bertz CT molecular complexity index is 224. The van der Waals surface area contributed by atoms with Crippen molar-refractivity contribution in [2.24, 2.45) is 11.8 Å². The Morgan fingerprint density at radius 2 is 1.86 bits per heavy atom. The molecule has 0 amide bonds. The maximum absolute atomic E-state index is 11.4. The fourth-order valence-corrected chi connectivity index (χ4v) is 1.94. The molecule has 4 heteroatoms. The maximum atomic E-state index is 11.4. The zero-order chi connectivity index (χ0) is 10.6. The minimum absolute atomic E-state index is 0.301. The first-order chi connectivity index (χ1) is 6.66. The van der Waals surface area contributed by atoms with Crippen molar-refractivity contribution in [1.82, 2.24) is 0 Å². The number of ether oxygens (including phenoxy) is 1. The predicted molar refractivity (Wildman–Crippen MR) is 47.1 cm³/mol. The van der Waals surface area contributed by atoms with Crippen molar-refractivity contribution in [3.8, 4) is 0 Å². The summed E-state index contributed by atoms with van der Waals surface area (Å²) < 4.78 is 4.83. The van der Waals surface area contributed by atoms with E-state index in [0.29, 0.717) is 19.4 Å². The molecule has 0 unspecified atom stereocenters. The van der Waals surface area contributed by atoms with E-state index in [1.54, 1.807) is 6.92 Å². The van der Waals surface area contributed by atoms with Crippen LogP contribution in [0.15, 0.2) is 0 Å². The summed E-state index contributed by atoms with van der Waals surface area (Å²) in [6, 6.07) is 0. The second kappa shape index (κ2) is 4.98. The highest BCUT2D eigenvalue weighted by Gasteiger charge is 2.32. The van der Waals surface area contributed by atoms with Crippen LogP contribution in [-0.4, -0.2) is 18.5 Å². The van der Waals surface area contributed by atoms with Crippen LogP contribution >= 0.6 is 0 Å². The van der Waals surface area contributed by atoms with Gasteiger partial charge in [-0.2, -0.15) is 0 Å². The lowest BCUT2D eigenvalue weighted by Gasteiger charge is -2.30. The van der Waals surface area contributed by atoms with Gasteiger partial charge in [0.25, 0.3) is 0 Å². The molecule has 1 saturated carbocycles. The number of rotatable bonds is 3. The van der Waals surface area contributed by atoms with Crippen molar-refractivity contribution in [3.05, 3.63) is 0 Å². The van der Waals surface area contributed by atoms with Gasteiger partial charge in [0, 0.05) is 11.9 Å². The van der Waals surface area contributed by atoms with Gasteiger partial charge in [-0.25, -0.2) is 0 Å². The molecular weight excluding hydrogens is 184 g/mol. The highest BCUT2D eigenvalue weighted by molar-refractivity contribution is 5.80. The Morgan fingerprint density at radius 3 is 2.36 bits per heavy atom. The average molecular weight is 199 g/mol. The summed E-state index contributed by atoms with van der Waals surface area (Å²) >= 11 is 0. The molecule has 0 radical (unpaired) electrons. The molecule has 0 bridgehead atoms. The molecule has 4 nitrogen and oxygen atoms in total. The summed E-state index contributed by atoms with van der Waals surface area (Å²) in [5, 5.41) is 10.8. The molecular formula is C10H15O4-. The molecule has 1 fully saturated rings. The quantitative estimate of drug-likeness (QED) is 0.605. The summed E-state index contributed by atoms with van der Waals surface area (Å²) in [7, 11) is 0. The molecule has 1 aliphatic carbocycles. The third kappa shape index (κ3) is 2.47. The van der Waals surface area contributed by atoms with Crippen molar-refractivity contribution in [2.45, 2.75) is 32.6 Å². The topological polar surface area (TPSA) is 66.4 Å². The summed E-state index contributed by atoms with van der Waals surface area (Å²) in [6.07, 6.45) is 2.89. The van der Waals surface area contributed by atoms with Crippen LogP contribution in [0.2, 0.25) is 0 Å². The fraction of sp³-hybridized carbons (Fsp3) is 0.800. The van der Waals surface area contributed by atoms with Crippen LogP contribution in [0.5, 0.6) is 0 Å². The van der Waals surface area contributed by atoms with Crippen molar-refractivity contribution in [3.63, 3.8) is 0 Å². The van der Waals surface area contributed by atoms with Crippen LogP contribution < -0.4 is 5.11 Å². The molecule has 0 aromatic carbocycles. The first-order valence-electron chi connectivity index (χ1n) is 5.04. The number of carboxylic acids is 1. The Labute approximate surface area is 83.2 Å². The van der Waals surface area contributed by atoms with Gasteiger partial charge < -0.3 is 14.6 Å². The third-order valence-corrected chi connectivity index (χ3v) is 2.66. The number of esters is 1. The molecule has 0 saturated heterocycles. The standard InChI is InChI=1S/C10H16O4/c1-2-14-10(13)8-6-4-3-5-7(8)9(11)12/h7-8H,2-6H2,1H3,(H,11,12)/p-1/t7-,8-/m1/s1. The van der Waals surface area contributed by atoms with Crippen LogP contribution in [0, 0.1) is 11.8 Å². The van der Waals surface area contributed by atoms with Gasteiger partial charge in [-0.15, -0.1) is 0 Å². The normalized spacial score (nSPS) is 26.9. The Kier molecular flexibility index (Phi) is 3.92. The zero-order valence-electron chi connectivity index (χ0n) is 8.32. The predicted octanol–water partition coefficient (Wildman–Crippen LogP) is 0.106. The van der Waals surface area contributed by atoms with E-state index in [9.17, 15) is 14.7 Å². The number of carbonyl (C=O) groups excluding carboxylic acids is 2. The average Bonchev–Trinajstić information content (AvgIpc) is 2.18. The van der Waals surface area contributed by atoms with E-state index >= 15 is 0 Å². The number of hydrogen-bond acceptors (Lipinski definition) is 4. The van der Waals surface area contributed by atoms with Crippen molar-refractivity contribution < 1.29 is 19.4 Å². The summed E-state index contributed by atoms with van der Waals surface area (Å²) in [5.41, 5.74) is 0. The lowest BCUT2D eigenvalue weighted by atomic mass is 9.79. The Hall–Kier alpha value is -1.06. The summed E-state index contributed by atoms with van der Waals surface area (Å²) in [5.74, 6) is -2.65. The second-order valence-electron chi connectivity index (χ2n) is 3.57. The largest absolute Gasteiger partial charge is 0.550 e. The van der Waals surface area contributed by atoms with E-state index in [1.165, 1.54) is 0 Å². The first kappa shape index (κ1) is 11.0. The first-order valence-corrected chi connectivity index (χ1v) is 5.04. The molecule has 0 aliphatic heterocycles. The zero-order valence-corrected chi connectivity index (χ0v) is 8.32. The van der Waals surface area contributed by atoms with E-state index in [2.05, 4.69) is 0 Å². The number of carbonyl (C=O) groups is 2. The van der Waals surface area contributed by atoms with Crippen LogP contribution in [0.1, 0.15) is 32.6 Å². The molecule has 1 aliphatic rings. The van der Waals surface area contributed by atoms with Gasteiger partial charge in [0.2, 0.25) is 0 Å². The summed E-state index contributed by atoms with van der Waals surface area (Å²) in [6.45, 7) is 2.02. The van der Waals surface area contributed by atoms with Gasteiger partial charge in [-0.05, 0) is 19.8 Å². The van der Waals surface area contributed by atoms with E-state index in [4.69, 9.17) is 4.74 Å². The van der Waals surface area contributed by atoms with Gasteiger partial charge in [-0.1, -0.05) is 12.8 Å². The molecule has 0 spiro atoms. The number of hydrogen-bond donors (Lipinski definition) is 0. The monoisotopic (exact) mass is 199 g/mol. The smallest absolute Gasteiger partial charge is 0.309 e. The molecule has 14 heavy (non-hydrogen) atoms. The van der Waals surface area contributed by atoms with Crippen LogP contribution in [0.25, 0.3) is 0 Å². The molecule has 0 N–H and O–H groups in total. The molecule has 2 atom stereocenters. The lowest BCUT2D eigenvalue weighted by Crippen LogP contribution is -2.41. The number of carboxylic acid groups (broad SMARTS) is 1. The maximum Gasteiger partial charge on any atom is 0.309 e. The summed E-state index contributed by atoms with van der Waals surface area (Å²) in [4.78, 5) is 22.2. The van der Waals surface area contributed by atoms with Crippen molar-refractivity contribution >= 4 is 11.9 Å². The Balaban J connectivity index is 2.62. The molecule has 80 valence electrons. The SMILES string of the molecule is CCOC(=O)[C@@H]1CCCC[C@H]1C(=O)[O-]. The third-order valence-electron chi connectivity index (χ3n) is 2.66. The van der Waals surface area contributed by atoms with E-state index in [0.717, 1.165) is 12.8 Å². The van der Waals surface area contributed by atoms with Gasteiger partial charge in [0.15, 0.2) is 0 Å². The lowest BCUT2D eigenvalue weighted by molar-refractivity contribution is -0.314. The van der Waals surface area contributed by atoms with Gasteiger partial charge in [-0.3, -0.25) is 4.79 Å². The molecule has 0 aromatic rings. The highest BCUT2D eigenvalue weighted by Crippen LogP contribution is 2.30. The van der Waals surface area contributed by atoms with Gasteiger partial charge in [0.1, 0.15) is 0 Å². The fourth-order valence-electron chi connectivity index (χ4n) is 1.94. The molecule has 0 heterocycles. The van der Waals surface area contributed by atoms with Crippen LogP contribution in [0.4, 0.5) is 0 Å². The second-order valence-corrected chi connectivity index (χ2v) is 3.57. The van der Waals surface area contributed by atoms with E-state index in [-0.39, 0.29) is 5.97 Å². The number of aliphatic carboxylic acids is 1. The minimum atomic E-state index is -1.12. The molecule has 0 aromatic heterocycles. The molecule has 1 rings (SSSR count). The van der Waals surface area contributed by atoms with Gasteiger partial charge in [0.05, 0.1) is 12.5 Å². The van der Waals surface area contributed by atoms with E-state index < -0.39 is 17.8 Å². The van der Waals surface area contributed by atoms with Crippen LogP contribution in [-0.2, 0) is 14.3 Å². The highest BCUT2D eigenvalue weighted by atomic mass is 16.5.